The standard InChI is InChI=1S/C20H25NO4/c22-18(13-15-1-2-15)9-7-17-8-10-19(23)21(17)12-11-14-3-5-16(6-4-14)20(24)25/h3-7,9,15,17-18,22H,1-2,8,10-13H2,(H,24,25)/b9-7+/t17-,18+/m0/s1. The summed E-state index contributed by atoms with van der Waals surface area (Å²) in [4.78, 5) is 24.9. The van der Waals surface area contributed by atoms with E-state index < -0.39 is 12.1 Å². The van der Waals surface area contributed by atoms with Crippen LogP contribution >= 0.6 is 0 Å². The van der Waals surface area contributed by atoms with Gasteiger partial charge in [-0.2, -0.15) is 0 Å². The number of nitrogens with zero attached hydrogens (tertiary/aromatic N) is 1. The molecule has 5 nitrogen and oxygen atoms in total. The molecule has 25 heavy (non-hydrogen) atoms. The van der Waals surface area contributed by atoms with Crippen molar-refractivity contribution in [3.8, 4) is 0 Å². The zero-order valence-corrected chi connectivity index (χ0v) is 14.3. The Morgan fingerprint density at radius 3 is 2.60 bits per heavy atom. The van der Waals surface area contributed by atoms with E-state index in [0.717, 1.165) is 18.4 Å². The molecule has 0 aromatic heterocycles. The van der Waals surface area contributed by atoms with Crippen molar-refractivity contribution in [3.63, 3.8) is 0 Å². The van der Waals surface area contributed by atoms with E-state index in [4.69, 9.17) is 5.11 Å². The number of hydrogen-bond donors (Lipinski definition) is 2. The van der Waals surface area contributed by atoms with Crippen molar-refractivity contribution in [2.75, 3.05) is 6.54 Å². The van der Waals surface area contributed by atoms with E-state index >= 15 is 0 Å². The molecule has 134 valence electrons. The van der Waals surface area contributed by atoms with Crippen LogP contribution in [0.4, 0.5) is 0 Å². The molecular weight excluding hydrogens is 318 g/mol. The summed E-state index contributed by atoms with van der Waals surface area (Å²) in [7, 11) is 0. The van der Waals surface area contributed by atoms with Gasteiger partial charge in [-0.25, -0.2) is 4.79 Å². The minimum absolute atomic E-state index is 0.0552. The van der Waals surface area contributed by atoms with Crippen LogP contribution in [0.15, 0.2) is 36.4 Å². The lowest BCUT2D eigenvalue weighted by Crippen LogP contribution is -2.33. The zero-order chi connectivity index (χ0) is 17.8. The van der Waals surface area contributed by atoms with Gasteiger partial charge in [-0.1, -0.05) is 37.1 Å². The van der Waals surface area contributed by atoms with Crippen LogP contribution in [0.5, 0.6) is 0 Å². The van der Waals surface area contributed by atoms with Gasteiger partial charge in [0, 0.05) is 13.0 Å². The number of benzene rings is 1. The number of carboxylic acids is 1. The van der Waals surface area contributed by atoms with Crippen LogP contribution < -0.4 is 0 Å². The monoisotopic (exact) mass is 343 g/mol. The fourth-order valence-electron chi connectivity index (χ4n) is 3.34. The minimum Gasteiger partial charge on any atom is -0.478 e. The van der Waals surface area contributed by atoms with Gasteiger partial charge in [0.15, 0.2) is 0 Å². The number of likely N-dealkylation sites (tertiary alicyclic amines) is 1. The van der Waals surface area contributed by atoms with Gasteiger partial charge >= 0.3 is 5.97 Å². The van der Waals surface area contributed by atoms with Gasteiger partial charge in [0.2, 0.25) is 5.91 Å². The van der Waals surface area contributed by atoms with E-state index in [1.807, 2.05) is 17.1 Å². The third-order valence-electron chi connectivity index (χ3n) is 5.04. The quantitative estimate of drug-likeness (QED) is 0.711. The number of aliphatic hydroxyl groups is 1. The lowest BCUT2D eigenvalue weighted by Gasteiger charge is -2.22. The van der Waals surface area contributed by atoms with Gasteiger partial charge < -0.3 is 15.1 Å². The third-order valence-corrected chi connectivity index (χ3v) is 5.04. The van der Waals surface area contributed by atoms with Crippen molar-refractivity contribution in [1.82, 2.24) is 4.90 Å². The molecule has 2 N–H and O–H groups in total. The molecule has 0 unspecified atom stereocenters. The fourth-order valence-corrected chi connectivity index (χ4v) is 3.34. The maximum Gasteiger partial charge on any atom is 0.335 e. The Morgan fingerprint density at radius 1 is 1.24 bits per heavy atom. The van der Waals surface area contributed by atoms with Crippen molar-refractivity contribution in [3.05, 3.63) is 47.5 Å². The van der Waals surface area contributed by atoms with E-state index in [9.17, 15) is 14.7 Å². The summed E-state index contributed by atoms with van der Waals surface area (Å²) < 4.78 is 0. The third kappa shape index (κ3) is 4.92. The smallest absolute Gasteiger partial charge is 0.335 e. The maximum absolute atomic E-state index is 12.1. The van der Waals surface area contributed by atoms with E-state index in [-0.39, 0.29) is 17.5 Å². The Morgan fingerprint density at radius 2 is 1.96 bits per heavy atom. The molecule has 1 aliphatic carbocycles. The number of carbonyl (C=O) groups is 2. The van der Waals surface area contributed by atoms with Gasteiger partial charge in [0.05, 0.1) is 17.7 Å². The van der Waals surface area contributed by atoms with Crippen molar-refractivity contribution >= 4 is 11.9 Å². The molecule has 1 saturated carbocycles. The summed E-state index contributed by atoms with van der Waals surface area (Å²) in [5, 5.41) is 18.9. The molecule has 1 aromatic carbocycles. The molecule has 5 heteroatoms. The maximum atomic E-state index is 12.1. The van der Waals surface area contributed by atoms with Crippen molar-refractivity contribution in [2.24, 2.45) is 5.92 Å². The summed E-state index contributed by atoms with van der Waals surface area (Å²) in [6.07, 6.45) is 8.72. The molecule has 3 rings (SSSR count). The predicted octanol–water partition coefficient (Wildman–Crippen LogP) is 2.64. The largest absolute Gasteiger partial charge is 0.478 e. The van der Waals surface area contributed by atoms with Crippen LogP contribution in [-0.2, 0) is 11.2 Å². The Kier molecular flexibility index (Phi) is 5.53. The number of rotatable bonds is 8. The molecule has 1 amide bonds. The number of hydrogen-bond acceptors (Lipinski definition) is 3. The second-order valence-electron chi connectivity index (χ2n) is 7.08. The molecule has 0 radical (unpaired) electrons. The van der Waals surface area contributed by atoms with Gasteiger partial charge in [-0.15, -0.1) is 0 Å². The molecule has 2 aliphatic rings. The van der Waals surface area contributed by atoms with E-state index in [2.05, 4.69) is 0 Å². The van der Waals surface area contributed by atoms with Gasteiger partial charge in [0.25, 0.3) is 0 Å². The van der Waals surface area contributed by atoms with Crippen molar-refractivity contribution in [1.29, 1.82) is 0 Å². The highest BCUT2D eigenvalue weighted by atomic mass is 16.4. The molecule has 1 heterocycles. The highest BCUT2D eigenvalue weighted by molar-refractivity contribution is 5.87. The molecule has 0 bridgehead atoms. The van der Waals surface area contributed by atoms with Crippen molar-refractivity contribution < 1.29 is 19.8 Å². The first-order valence-electron chi connectivity index (χ1n) is 9.01. The predicted molar refractivity (Wildman–Crippen MR) is 94.3 cm³/mol. The van der Waals surface area contributed by atoms with Gasteiger partial charge in [-0.3, -0.25) is 4.79 Å². The van der Waals surface area contributed by atoms with Gasteiger partial charge in [0.1, 0.15) is 0 Å². The van der Waals surface area contributed by atoms with Crippen LogP contribution in [-0.4, -0.2) is 45.7 Å². The van der Waals surface area contributed by atoms with Crippen molar-refractivity contribution in [2.45, 2.75) is 50.7 Å². The summed E-state index contributed by atoms with van der Waals surface area (Å²) in [6.45, 7) is 0.610. The summed E-state index contributed by atoms with van der Waals surface area (Å²) >= 11 is 0. The first-order valence-corrected chi connectivity index (χ1v) is 9.01. The number of aromatic carboxylic acids is 1. The normalized spacial score (nSPS) is 21.9. The molecule has 1 aromatic rings. The average molecular weight is 343 g/mol. The van der Waals surface area contributed by atoms with Crippen LogP contribution in [0.3, 0.4) is 0 Å². The van der Waals surface area contributed by atoms with Crippen LogP contribution in [0.2, 0.25) is 0 Å². The SMILES string of the molecule is O=C(O)c1ccc(CCN2C(=O)CC[C@@H]2/C=C/[C@@H](O)CC2CC2)cc1. The molecule has 1 saturated heterocycles. The Balaban J connectivity index is 1.54. The Bertz CT molecular complexity index is 648. The lowest BCUT2D eigenvalue weighted by atomic mass is 10.1. The van der Waals surface area contributed by atoms with Gasteiger partial charge in [-0.05, 0) is 42.9 Å². The summed E-state index contributed by atoms with van der Waals surface area (Å²) in [5.41, 5.74) is 1.28. The summed E-state index contributed by atoms with van der Waals surface area (Å²) in [5.74, 6) is -0.112. The molecule has 2 atom stereocenters. The second kappa shape index (κ2) is 7.83. The molecule has 0 spiro atoms. The Hall–Kier alpha value is -2.14. The molecule has 1 aliphatic heterocycles. The zero-order valence-electron chi connectivity index (χ0n) is 14.3. The number of carbonyl (C=O) groups excluding carboxylic acids is 1. The minimum atomic E-state index is -0.934. The highest BCUT2D eigenvalue weighted by Crippen LogP contribution is 2.33. The van der Waals surface area contributed by atoms with Crippen LogP contribution in [0, 0.1) is 5.92 Å². The first kappa shape index (κ1) is 17.7. The first-order chi connectivity index (χ1) is 12.0. The number of amides is 1. The highest BCUT2D eigenvalue weighted by Gasteiger charge is 2.29. The Labute approximate surface area is 148 Å². The van der Waals surface area contributed by atoms with Crippen LogP contribution in [0.1, 0.15) is 48.0 Å². The number of aliphatic hydroxyl groups excluding tert-OH is 1. The number of carboxylic acid groups (broad SMARTS) is 1. The topological polar surface area (TPSA) is 77.8 Å². The van der Waals surface area contributed by atoms with Crippen LogP contribution in [0.25, 0.3) is 0 Å². The molecular formula is C20H25NO4. The molecule has 2 fully saturated rings. The fraction of sp³-hybridized carbons (Fsp3) is 0.500. The lowest BCUT2D eigenvalue weighted by molar-refractivity contribution is -0.128. The van der Waals surface area contributed by atoms with E-state index in [0.29, 0.717) is 25.3 Å². The average Bonchev–Trinajstić information content (AvgIpc) is 3.33. The second-order valence-corrected chi connectivity index (χ2v) is 7.08. The summed E-state index contributed by atoms with van der Waals surface area (Å²) in [6, 6.07) is 6.84. The van der Waals surface area contributed by atoms with E-state index in [1.54, 1.807) is 24.3 Å². The van der Waals surface area contributed by atoms with E-state index in [1.165, 1.54) is 12.8 Å².